The van der Waals surface area contributed by atoms with Gasteiger partial charge in [-0.05, 0) is 35.1 Å². The monoisotopic (exact) mass is 288 g/mol. The molecule has 0 bridgehead atoms. The number of halogens is 1. The van der Waals surface area contributed by atoms with Crippen molar-refractivity contribution in [3.8, 4) is 0 Å². The van der Waals surface area contributed by atoms with Gasteiger partial charge in [-0.2, -0.15) is 0 Å². The van der Waals surface area contributed by atoms with Gasteiger partial charge in [0.05, 0.1) is 0 Å². The molecule has 0 aromatic heterocycles. The average Bonchev–Trinajstić information content (AvgIpc) is 2.48. The number of hydrogen-bond donors (Lipinski definition) is 0. The summed E-state index contributed by atoms with van der Waals surface area (Å²) in [5.41, 5.74) is 1.39. The summed E-state index contributed by atoms with van der Waals surface area (Å²) < 4.78 is 0. The molecule has 0 radical (unpaired) electrons. The highest BCUT2D eigenvalue weighted by molar-refractivity contribution is 6.21. The van der Waals surface area contributed by atoms with E-state index >= 15 is 0 Å². The summed E-state index contributed by atoms with van der Waals surface area (Å²) in [6.45, 7) is 4.51. The first-order chi connectivity index (χ1) is 9.76. The quantitative estimate of drug-likeness (QED) is 0.532. The highest BCUT2D eigenvalue weighted by Gasteiger charge is 2.18. The van der Waals surface area contributed by atoms with Crippen molar-refractivity contribution in [1.82, 2.24) is 0 Å². The van der Waals surface area contributed by atoms with Crippen LogP contribution >= 0.6 is 11.6 Å². The van der Waals surface area contributed by atoms with Gasteiger partial charge in [-0.15, -0.1) is 11.6 Å². The van der Waals surface area contributed by atoms with Gasteiger partial charge in [-0.3, -0.25) is 0 Å². The summed E-state index contributed by atoms with van der Waals surface area (Å²) in [5.74, 6) is 0.635. The highest BCUT2D eigenvalue weighted by Crippen LogP contribution is 2.27. The maximum atomic E-state index is 6.72. The van der Waals surface area contributed by atoms with Crippen LogP contribution in [0.15, 0.2) is 42.5 Å². The summed E-state index contributed by atoms with van der Waals surface area (Å²) in [6, 6.07) is 15.1. The number of alkyl halides is 1. The summed E-state index contributed by atoms with van der Waals surface area (Å²) >= 11 is 6.72. The smallest absolute Gasteiger partial charge is 0.0404 e. The fourth-order valence-corrected chi connectivity index (χ4v) is 3.42. The zero-order valence-electron chi connectivity index (χ0n) is 12.6. The minimum atomic E-state index is 0.248. The Balaban J connectivity index is 2.14. The second-order valence-electron chi connectivity index (χ2n) is 5.67. The van der Waals surface area contributed by atoms with Crippen molar-refractivity contribution in [1.29, 1.82) is 0 Å². The van der Waals surface area contributed by atoms with Crippen LogP contribution in [0.4, 0.5) is 0 Å². The Labute approximate surface area is 128 Å². The predicted octanol–water partition coefficient (Wildman–Crippen LogP) is 6.21. The highest BCUT2D eigenvalue weighted by atomic mass is 35.5. The molecule has 2 aromatic rings. The molecule has 2 aromatic carbocycles. The molecule has 0 spiro atoms. The van der Waals surface area contributed by atoms with Gasteiger partial charge in [0.25, 0.3) is 0 Å². The van der Waals surface area contributed by atoms with Crippen molar-refractivity contribution < 1.29 is 0 Å². The Morgan fingerprint density at radius 3 is 2.50 bits per heavy atom. The van der Waals surface area contributed by atoms with Gasteiger partial charge in [0.1, 0.15) is 0 Å². The molecule has 2 rings (SSSR count). The Kier molecular flexibility index (Phi) is 5.91. The van der Waals surface area contributed by atoms with Crippen LogP contribution in [0.3, 0.4) is 0 Å². The molecule has 2 unspecified atom stereocenters. The van der Waals surface area contributed by atoms with Crippen LogP contribution in [-0.2, 0) is 6.42 Å². The van der Waals surface area contributed by atoms with Gasteiger partial charge in [-0.1, -0.05) is 75.6 Å². The molecule has 0 heterocycles. The third kappa shape index (κ3) is 3.76. The van der Waals surface area contributed by atoms with E-state index in [4.69, 9.17) is 11.6 Å². The summed E-state index contributed by atoms with van der Waals surface area (Å²) in [4.78, 5) is 0. The first-order valence-corrected chi connectivity index (χ1v) is 8.30. The largest absolute Gasteiger partial charge is 0.122 e. The van der Waals surface area contributed by atoms with Crippen molar-refractivity contribution in [2.75, 3.05) is 0 Å². The molecule has 0 nitrogen and oxygen atoms in total. The van der Waals surface area contributed by atoms with Crippen LogP contribution < -0.4 is 0 Å². The Bertz CT molecular complexity index is 527. The Hall–Kier alpha value is -1.01. The summed E-state index contributed by atoms with van der Waals surface area (Å²) in [6.07, 6.45) is 5.96. The van der Waals surface area contributed by atoms with Gasteiger partial charge in [0.2, 0.25) is 0 Å². The Morgan fingerprint density at radius 1 is 1.00 bits per heavy atom. The fourth-order valence-electron chi connectivity index (χ4n) is 2.95. The van der Waals surface area contributed by atoms with Crippen LogP contribution in [-0.4, -0.2) is 5.38 Å². The molecule has 0 amide bonds. The number of unbranched alkanes of at least 4 members (excludes halogenated alkanes) is 1. The molecular weight excluding hydrogens is 264 g/mol. The van der Waals surface area contributed by atoms with Crippen molar-refractivity contribution in [3.05, 3.63) is 48.0 Å². The second-order valence-corrected chi connectivity index (χ2v) is 6.23. The maximum Gasteiger partial charge on any atom is 0.0404 e. The summed E-state index contributed by atoms with van der Waals surface area (Å²) in [7, 11) is 0. The van der Waals surface area contributed by atoms with Crippen molar-refractivity contribution in [3.63, 3.8) is 0 Å². The fraction of sp³-hybridized carbons (Fsp3) is 0.474. The molecule has 0 saturated heterocycles. The average molecular weight is 289 g/mol. The summed E-state index contributed by atoms with van der Waals surface area (Å²) in [5, 5.41) is 2.92. The third-order valence-electron chi connectivity index (χ3n) is 4.26. The molecule has 2 atom stereocenters. The lowest BCUT2D eigenvalue weighted by atomic mass is 9.90. The number of fused-ring (bicyclic) bond motifs is 1. The lowest BCUT2D eigenvalue weighted by molar-refractivity contribution is 0.429. The van der Waals surface area contributed by atoms with Crippen LogP contribution in [0, 0.1) is 5.92 Å². The molecule has 1 heteroatoms. The number of benzene rings is 2. The van der Waals surface area contributed by atoms with Crippen LogP contribution in [0.2, 0.25) is 0 Å². The molecule has 0 saturated carbocycles. The van der Waals surface area contributed by atoms with Crippen LogP contribution in [0.5, 0.6) is 0 Å². The van der Waals surface area contributed by atoms with E-state index in [0.717, 1.165) is 6.42 Å². The number of rotatable bonds is 7. The van der Waals surface area contributed by atoms with E-state index in [1.54, 1.807) is 0 Å². The van der Waals surface area contributed by atoms with Crippen LogP contribution in [0.1, 0.15) is 45.1 Å². The van der Waals surface area contributed by atoms with E-state index in [1.165, 1.54) is 42.0 Å². The van der Waals surface area contributed by atoms with E-state index in [-0.39, 0.29) is 5.38 Å². The van der Waals surface area contributed by atoms with E-state index in [1.807, 2.05) is 0 Å². The Morgan fingerprint density at radius 2 is 1.75 bits per heavy atom. The topological polar surface area (TPSA) is 0 Å². The van der Waals surface area contributed by atoms with Gasteiger partial charge < -0.3 is 0 Å². The number of hydrogen-bond acceptors (Lipinski definition) is 0. The first kappa shape index (κ1) is 15.4. The van der Waals surface area contributed by atoms with Crippen molar-refractivity contribution in [2.45, 2.75) is 51.3 Å². The minimum absolute atomic E-state index is 0.248. The molecule has 0 aliphatic rings. The van der Waals surface area contributed by atoms with Gasteiger partial charge in [0.15, 0.2) is 0 Å². The van der Waals surface area contributed by atoms with Gasteiger partial charge >= 0.3 is 0 Å². The molecule has 0 aliphatic heterocycles. The molecule has 0 N–H and O–H groups in total. The van der Waals surface area contributed by atoms with Crippen molar-refractivity contribution >= 4 is 22.4 Å². The predicted molar refractivity (Wildman–Crippen MR) is 90.6 cm³/mol. The normalized spacial score (nSPS) is 14.3. The van der Waals surface area contributed by atoms with Gasteiger partial charge in [0, 0.05) is 5.38 Å². The molecule has 108 valence electrons. The molecule has 0 aliphatic carbocycles. The van der Waals surface area contributed by atoms with E-state index in [9.17, 15) is 0 Å². The lowest BCUT2D eigenvalue weighted by Gasteiger charge is -2.21. The van der Waals surface area contributed by atoms with E-state index in [2.05, 4.69) is 56.3 Å². The minimum Gasteiger partial charge on any atom is -0.122 e. The van der Waals surface area contributed by atoms with Crippen molar-refractivity contribution in [2.24, 2.45) is 5.92 Å². The van der Waals surface area contributed by atoms with Gasteiger partial charge in [-0.25, -0.2) is 0 Å². The standard InChI is InChI=1S/C19H25Cl/c1-3-5-9-15(4-2)19(20)14-17-12-8-11-16-10-6-7-13-18(16)17/h6-8,10-13,15,19H,3-5,9,14H2,1-2H3. The zero-order valence-corrected chi connectivity index (χ0v) is 13.4. The second kappa shape index (κ2) is 7.69. The molecular formula is C19H25Cl. The zero-order chi connectivity index (χ0) is 14.4. The molecule has 0 fully saturated rings. The van der Waals surface area contributed by atoms with E-state index < -0.39 is 0 Å². The van der Waals surface area contributed by atoms with E-state index in [0.29, 0.717) is 5.92 Å². The third-order valence-corrected chi connectivity index (χ3v) is 4.77. The lowest BCUT2D eigenvalue weighted by Crippen LogP contribution is -2.17. The first-order valence-electron chi connectivity index (χ1n) is 7.87. The SMILES string of the molecule is CCCCC(CC)C(Cl)Cc1cccc2ccccc12. The maximum absolute atomic E-state index is 6.72. The molecule has 20 heavy (non-hydrogen) atoms. The van der Waals surface area contributed by atoms with Crippen LogP contribution in [0.25, 0.3) is 10.8 Å².